The van der Waals surface area contributed by atoms with Gasteiger partial charge in [-0.05, 0) is 6.92 Å². The largest absolute Gasteiger partial charge is 0.394 e. The Bertz CT molecular complexity index is 684. The van der Waals surface area contributed by atoms with Gasteiger partial charge in [-0.2, -0.15) is 4.98 Å². The molecular weight excluding hydrogens is 300 g/mol. The minimum absolute atomic E-state index is 0.564. The molecule has 1 aliphatic heterocycles. The highest BCUT2D eigenvalue weighted by atomic mass is 19.1. The summed E-state index contributed by atoms with van der Waals surface area (Å²) in [7, 11) is 1.22. The molecule has 7 nitrogen and oxygen atoms in total. The number of ether oxygens (including phenoxy) is 2. The van der Waals surface area contributed by atoms with Gasteiger partial charge in [-0.1, -0.05) is 5.92 Å². The summed E-state index contributed by atoms with van der Waals surface area (Å²) < 4.78 is 39.8. The van der Waals surface area contributed by atoms with E-state index in [0.29, 0.717) is 10.8 Å². The number of alkyl halides is 1. The highest BCUT2D eigenvalue weighted by Crippen LogP contribution is 2.42. The Morgan fingerprint density at radius 2 is 2.36 bits per heavy atom. The lowest BCUT2D eigenvalue weighted by Gasteiger charge is -2.25. The third-order valence-electron chi connectivity index (χ3n) is 3.35. The van der Waals surface area contributed by atoms with Crippen LogP contribution in [0.4, 0.5) is 14.6 Å². The molecule has 1 aromatic rings. The van der Waals surface area contributed by atoms with Crippen LogP contribution in [0.25, 0.3) is 0 Å². The molecule has 1 fully saturated rings. The molecule has 4 atom stereocenters. The molecule has 22 heavy (non-hydrogen) atoms. The Labute approximate surface area is 124 Å². The van der Waals surface area contributed by atoms with Gasteiger partial charge in [0.1, 0.15) is 12.2 Å². The maximum Gasteiger partial charge on any atom is 0.351 e. The van der Waals surface area contributed by atoms with Crippen molar-refractivity contribution < 1.29 is 23.4 Å². The lowest BCUT2D eigenvalue weighted by atomic mass is 9.96. The van der Waals surface area contributed by atoms with E-state index in [4.69, 9.17) is 15.2 Å². The number of aliphatic hydroxyl groups is 1. The van der Waals surface area contributed by atoms with Gasteiger partial charge >= 0.3 is 5.69 Å². The fourth-order valence-electron chi connectivity index (χ4n) is 2.43. The molecule has 1 aromatic heterocycles. The second-order valence-corrected chi connectivity index (χ2v) is 4.67. The van der Waals surface area contributed by atoms with E-state index < -0.39 is 48.0 Å². The quantitative estimate of drug-likeness (QED) is 0.736. The number of hydrogen-bond acceptors (Lipinski definition) is 6. The summed E-state index contributed by atoms with van der Waals surface area (Å²) in [5, 5.41) is 9.28. The second kappa shape index (κ2) is 6.00. The van der Waals surface area contributed by atoms with Crippen molar-refractivity contribution in [2.45, 2.75) is 31.0 Å². The molecule has 0 amide bonds. The first-order valence-electron chi connectivity index (χ1n) is 6.35. The van der Waals surface area contributed by atoms with E-state index in [0.717, 1.165) is 0 Å². The van der Waals surface area contributed by atoms with Gasteiger partial charge in [0.25, 0.3) is 0 Å². The van der Waals surface area contributed by atoms with Gasteiger partial charge in [0.15, 0.2) is 17.9 Å². The third kappa shape index (κ3) is 2.45. The Morgan fingerprint density at radius 1 is 1.68 bits per heavy atom. The molecular formula is C13H15F2N3O4. The summed E-state index contributed by atoms with van der Waals surface area (Å²) in [6, 6.07) is 0. The Kier molecular flexibility index (Phi) is 4.46. The first-order chi connectivity index (χ1) is 10.4. The van der Waals surface area contributed by atoms with Crippen molar-refractivity contribution in [1.82, 2.24) is 9.55 Å². The summed E-state index contributed by atoms with van der Waals surface area (Å²) in [5.74, 6) is 3.05. The molecule has 0 spiro atoms. The van der Waals surface area contributed by atoms with E-state index in [1.165, 1.54) is 14.0 Å². The Morgan fingerprint density at radius 3 is 2.91 bits per heavy atom. The van der Waals surface area contributed by atoms with E-state index >= 15 is 4.39 Å². The summed E-state index contributed by atoms with van der Waals surface area (Å²) in [6.07, 6.45) is -3.28. The number of nitrogen functional groups attached to an aromatic ring is 1. The van der Waals surface area contributed by atoms with Crippen molar-refractivity contribution in [3.63, 3.8) is 0 Å². The molecule has 1 aliphatic rings. The molecule has 1 unspecified atom stereocenters. The van der Waals surface area contributed by atoms with Crippen LogP contribution in [0.5, 0.6) is 0 Å². The zero-order chi connectivity index (χ0) is 16.5. The molecule has 2 heterocycles. The van der Waals surface area contributed by atoms with Crippen molar-refractivity contribution in [3.05, 3.63) is 22.5 Å². The molecule has 2 rings (SSSR count). The fourth-order valence-corrected chi connectivity index (χ4v) is 2.43. The van der Waals surface area contributed by atoms with Crippen molar-refractivity contribution in [2.75, 3.05) is 19.5 Å². The monoisotopic (exact) mass is 315 g/mol. The Hall–Kier alpha value is -2.02. The number of hydrogen-bond donors (Lipinski definition) is 2. The summed E-state index contributed by atoms with van der Waals surface area (Å²) in [6.45, 7) is 0.827. The molecule has 0 saturated carbocycles. The van der Waals surface area contributed by atoms with Crippen molar-refractivity contribution >= 4 is 5.82 Å². The molecule has 120 valence electrons. The number of nitrogens with two attached hydrogens (primary N) is 1. The van der Waals surface area contributed by atoms with Crippen LogP contribution in [0, 0.1) is 17.7 Å². The van der Waals surface area contributed by atoms with Crippen LogP contribution in [-0.2, 0) is 9.47 Å². The van der Waals surface area contributed by atoms with E-state index in [9.17, 15) is 14.3 Å². The van der Waals surface area contributed by atoms with Crippen LogP contribution in [0.3, 0.4) is 0 Å². The zero-order valence-corrected chi connectivity index (χ0v) is 11.9. The minimum Gasteiger partial charge on any atom is -0.394 e. The molecule has 3 N–H and O–H groups in total. The number of halogens is 2. The van der Waals surface area contributed by atoms with Crippen molar-refractivity contribution in [3.8, 4) is 11.8 Å². The van der Waals surface area contributed by atoms with Gasteiger partial charge in [0.2, 0.25) is 5.67 Å². The number of rotatable bonds is 3. The maximum absolute atomic E-state index is 15.3. The third-order valence-corrected chi connectivity index (χ3v) is 3.35. The highest BCUT2D eigenvalue weighted by Gasteiger charge is 2.58. The summed E-state index contributed by atoms with van der Waals surface area (Å²) >= 11 is 0. The van der Waals surface area contributed by atoms with Gasteiger partial charge in [0.05, 0.1) is 12.8 Å². The van der Waals surface area contributed by atoms with Gasteiger partial charge in [-0.25, -0.2) is 13.6 Å². The average Bonchev–Trinajstić information content (AvgIpc) is 2.75. The van der Waals surface area contributed by atoms with E-state index in [1.54, 1.807) is 0 Å². The van der Waals surface area contributed by atoms with Crippen LogP contribution in [0.15, 0.2) is 11.0 Å². The summed E-state index contributed by atoms with van der Waals surface area (Å²) in [5.41, 5.74) is 1.72. The number of methoxy groups -OCH3 is 1. The maximum atomic E-state index is 15.3. The van der Waals surface area contributed by atoms with Crippen molar-refractivity contribution in [2.24, 2.45) is 0 Å². The first kappa shape index (κ1) is 16.4. The normalized spacial score (nSPS) is 30.9. The van der Waals surface area contributed by atoms with Gasteiger partial charge in [-0.15, -0.1) is 5.92 Å². The molecule has 1 saturated heterocycles. The number of aromatic nitrogens is 2. The van der Waals surface area contributed by atoms with Gasteiger partial charge in [0, 0.05) is 7.11 Å². The lowest BCUT2D eigenvalue weighted by molar-refractivity contribution is -0.0568. The predicted molar refractivity (Wildman–Crippen MR) is 71.9 cm³/mol. The second-order valence-electron chi connectivity index (χ2n) is 4.67. The number of anilines is 1. The van der Waals surface area contributed by atoms with Crippen molar-refractivity contribution in [1.29, 1.82) is 0 Å². The van der Waals surface area contributed by atoms with E-state index in [-0.39, 0.29) is 0 Å². The van der Waals surface area contributed by atoms with Crippen LogP contribution in [-0.4, -0.2) is 46.3 Å². The predicted octanol–water partition coefficient (Wildman–Crippen LogP) is -0.399. The van der Waals surface area contributed by atoms with E-state index in [2.05, 4.69) is 16.8 Å². The molecule has 0 bridgehead atoms. The minimum atomic E-state index is -2.47. The average molecular weight is 315 g/mol. The van der Waals surface area contributed by atoms with Gasteiger partial charge < -0.3 is 20.3 Å². The van der Waals surface area contributed by atoms with Crippen LogP contribution < -0.4 is 11.4 Å². The van der Waals surface area contributed by atoms with Crippen LogP contribution >= 0.6 is 0 Å². The smallest absolute Gasteiger partial charge is 0.351 e. The Balaban J connectivity index is 2.59. The topological polar surface area (TPSA) is 99.6 Å². The van der Waals surface area contributed by atoms with E-state index in [1.807, 2.05) is 0 Å². The number of aliphatic hydroxyl groups excluding tert-OH is 1. The lowest BCUT2D eigenvalue weighted by Crippen LogP contribution is -2.45. The zero-order valence-electron chi connectivity index (χ0n) is 11.9. The summed E-state index contributed by atoms with van der Waals surface area (Å²) in [4.78, 5) is 15.1. The molecule has 0 aliphatic carbocycles. The molecule has 9 heteroatoms. The number of nitrogens with zero attached hydrogens (tertiary/aromatic N) is 2. The van der Waals surface area contributed by atoms with Crippen LogP contribution in [0.2, 0.25) is 0 Å². The molecule has 0 aromatic carbocycles. The SMILES string of the molecule is CC#CC1(F)[C@@H](OC)[C@@H](CO)O[C@H]1n1cc(F)c(N)nc1=O. The van der Waals surface area contributed by atoms with Crippen LogP contribution in [0.1, 0.15) is 13.2 Å². The van der Waals surface area contributed by atoms with Gasteiger partial charge in [-0.3, -0.25) is 4.57 Å². The fraction of sp³-hybridized carbons (Fsp3) is 0.538. The highest BCUT2D eigenvalue weighted by molar-refractivity contribution is 5.28. The standard InChI is InChI=1S/C13H15F2N3O4/c1-3-4-13(15)9(21-2)8(6-19)22-11(13)18-5-7(14)10(16)17-12(18)20/h5,8-9,11,19H,6H2,1-2H3,(H2,16,17,20)/t8-,9+,11-,13?/m1/s1. The first-order valence-corrected chi connectivity index (χ1v) is 6.35. The molecule has 0 radical (unpaired) electrons.